The fourth-order valence-corrected chi connectivity index (χ4v) is 3.70. The van der Waals surface area contributed by atoms with Gasteiger partial charge in [-0.3, -0.25) is 19.4 Å². The van der Waals surface area contributed by atoms with Gasteiger partial charge in [0.25, 0.3) is 17.8 Å². The number of carbonyl (C=O) groups is 3. The van der Waals surface area contributed by atoms with Gasteiger partial charge < -0.3 is 5.32 Å². The molecule has 1 unspecified atom stereocenters. The highest BCUT2D eigenvalue weighted by Crippen LogP contribution is 2.23. The predicted molar refractivity (Wildman–Crippen MR) is 105 cm³/mol. The van der Waals surface area contributed by atoms with Gasteiger partial charge in [-0.15, -0.1) is 0 Å². The number of hydrogen-bond donors (Lipinski definition) is 1. The van der Waals surface area contributed by atoms with E-state index in [9.17, 15) is 14.4 Å². The Morgan fingerprint density at radius 3 is 2.67 bits per heavy atom. The second kappa shape index (κ2) is 7.75. The molecule has 0 bridgehead atoms. The Kier molecular flexibility index (Phi) is 5.41. The number of nitrogens with one attached hydrogen (secondary N) is 1. The van der Waals surface area contributed by atoms with Crippen molar-refractivity contribution in [1.82, 2.24) is 9.80 Å². The number of likely N-dealkylation sites (N-methyl/N-ethyl adjacent to an activating group) is 2. The Balaban J connectivity index is 1.77. The minimum Gasteiger partial charge on any atom is -0.325 e. The quantitative estimate of drug-likeness (QED) is 0.609. The first-order chi connectivity index (χ1) is 12.9. The van der Waals surface area contributed by atoms with Gasteiger partial charge in [-0.2, -0.15) is 0 Å². The number of hydrogen-bond acceptors (Lipinski definition) is 5. The van der Waals surface area contributed by atoms with Gasteiger partial charge in [0, 0.05) is 19.8 Å². The third-order valence-electron chi connectivity index (χ3n) is 4.21. The first-order valence-electron chi connectivity index (χ1n) is 8.30. The van der Waals surface area contributed by atoms with Gasteiger partial charge in [0.05, 0.1) is 5.75 Å². The number of anilines is 1. The third kappa shape index (κ3) is 3.63. The maximum atomic E-state index is 12.6. The molecule has 0 radical (unpaired) electrons. The van der Waals surface area contributed by atoms with Gasteiger partial charge in [-0.05, 0) is 28.9 Å². The Labute approximate surface area is 161 Å². The van der Waals surface area contributed by atoms with Crippen molar-refractivity contribution >= 4 is 46.3 Å². The minimum atomic E-state index is -0.685. The van der Waals surface area contributed by atoms with Crippen molar-refractivity contribution in [2.45, 2.75) is 6.04 Å². The van der Waals surface area contributed by atoms with Gasteiger partial charge in [0.1, 0.15) is 6.54 Å². The van der Waals surface area contributed by atoms with E-state index in [4.69, 9.17) is 0 Å². The van der Waals surface area contributed by atoms with E-state index >= 15 is 0 Å². The topological polar surface area (TPSA) is 85.1 Å². The Bertz CT molecular complexity index is 865. The molecular weight excluding hydrogens is 366 g/mol. The van der Waals surface area contributed by atoms with Crippen LogP contribution in [0.1, 0.15) is 0 Å². The molecule has 1 fully saturated rings. The predicted octanol–water partition coefficient (Wildman–Crippen LogP) is 1.22. The smallest absolute Gasteiger partial charge is 0.325 e. The number of aliphatic imine (C=N–C) groups is 1. The molecule has 2 heterocycles. The zero-order valence-electron chi connectivity index (χ0n) is 15.1. The molecule has 0 spiro atoms. The highest BCUT2D eigenvalue weighted by molar-refractivity contribution is 8.14. The number of para-hydroxylation sites is 1. The van der Waals surface area contributed by atoms with Crippen LogP contribution in [-0.2, 0) is 9.59 Å². The summed E-state index contributed by atoms with van der Waals surface area (Å²) >= 11 is 1.22. The number of amides is 4. The fraction of sp³-hybridized carbons (Fsp3) is 0.278. The number of rotatable bonds is 5. The van der Waals surface area contributed by atoms with E-state index in [0.29, 0.717) is 23.2 Å². The lowest BCUT2D eigenvalue weighted by atomic mass is 10.1. The third-order valence-corrected chi connectivity index (χ3v) is 5.20. The molecule has 1 aromatic rings. The zero-order valence-corrected chi connectivity index (χ0v) is 15.9. The largest absolute Gasteiger partial charge is 0.358 e. The molecule has 140 valence electrons. The molecule has 2 aliphatic heterocycles. The second-order valence-electron chi connectivity index (χ2n) is 6.04. The number of fused-ring (bicyclic) bond motifs is 1. The van der Waals surface area contributed by atoms with Crippen molar-refractivity contribution in [3.8, 4) is 0 Å². The van der Waals surface area contributed by atoms with E-state index in [1.54, 1.807) is 29.8 Å². The summed E-state index contributed by atoms with van der Waals surface area (Å²) in [5.74, 6) is -0.0255. The molecule has 9 heteroatoms. The van der Waals surface area contributed by atoms with Crippen LogP contribution in [0.15, 0.2) is 48.0 Å². The maximum absolute atomic E-state index is 12.6. The lowest BCUT2D eigenvalue weighted by Gasteiger charge is -2.30. The fourth-order valence-electron chi connectivity index (χ4n) is 2.86. The molecule has 1 N–H and O–H groups in total. The van der Waals surface area contributed by atoms with Crippen LogP contribution in [-0.4, -0.2) is 75.7 Å². The van der Waals surface area contributed by atoms with Crippen LogP contribution in [0.4, 0.5) is 10.5 Å². The van der Waals surface area contributed by atoms with Gasteiger partial charge in [-0.25, -0.2) is 9.37 Å². The molecular formula is C18H20N5O3S+. The molecule has 27 heavy (non-hydrogen) atoms. The molecule has 4 amide bonds. The van der Waals surface area contributed by atoms with Crippen molar-refractivity contribution in [2.75, 3.05) is 31.7 Å². The number of nitrogens with zero attached hydrogens (tertiary/aromatic N) is 4. The molecule has 8 nitrogen and oxygen atoms in total. The highest BCUT2D eigenvalue weighted by Gasteiger charge is 2.52. The van der Waals surface area contributed by atoms with Crippen LogP contribution in [0.5, 0.6) is 0 Å². The van der Waals surface area contributed by atoms with E-state index in [1.165, 1.54) is 23.7 Å². The van der Waals surface area contributed by atoms with E-state index in [-0.39, 0.29) is 17.6 Å². The van der Waals surface area contributed by atoms with E-state index in [1.807, 2.05) is 18.2 Å². The molecule has 0 saturated carbocycles. The van der Waals surface area contributed by atoms with Crippen LogP contribution in [0.25, 0.3) is 0 Å². The summed E-state index contributed by atoms with van der Waals surface area (Å²) in [6.45, 7) is 4.10. The number of thioether (sulfide) groups is 1. The first kappa shape index (κ1) is 18.8. The van der Waals surface area contributed by atoms with Crippen LogP contribution in [0, 0.1) is 0 Å². The SMILES string of the molecule is C=CC[N+]1=C(SCC(=O)Nc2ccccc2)N=C2C1C(=O)N(C)C(=O)N2C. The first-order valence-corrected chi connectivity index (χ1v) is 9.28. The standard InChI is InChI=1S/C18H19N5O3S/c1-4-10-23-14-15(21(2)18(26)22(3)16(14)25)20-17(23)27-11-13(24)19-12-8-6-5-7-9-12/h4-9,14H,1,10-11H2,2-3H3/p+1. The van der Waals surface area contributed by atoms with Crippen molar-refractivity contribution in [1.29, 1.82) is 0 Å². The van der Waals surface area contributed by atoms with Crippen LogP contribution >= 0.6 is 11.8 Å². The normalized spacial score (nSPS) is 19.2. The summed E-state index contributed by atoms with van der Waals surface area (Å²) in [5, 5.41) is 3.32. The monoisotopic (exact) mass is 386 g/mol. The van der Waals surface area contributed by atoms with Crippen molar-refractivity contribution in [3.05, 3.63) is 43.0 Å². The maximum Gasteiger partial charge on any atom is 0.358 e. The van der Waals surface area contributed by atoms with Crippen molar-refractivity contribution < 1.29 is 19.0 Å². The van der Waals surface area contributed by atoms with Crippen molar-refractivity contribution in [2.24, 2.45) is 4.99 Å². The summed E-state index contributed by atoms with van der Waals surface area (Å²) < 4.78 is 1.75. The van der Waals surface area contributed by atoms with Gasteiger partial charge in [-0.1, -0.05) is 30.9 Å². The number of urea groups is 1. The van der Waals surface area contributed by atoms with Gasteiger partial charge in [0.15, 0.2) is 0 Å². The van der Waals surface area contributed by atoms with Crippen molar-refractivity contribution in [3.63, 3.8) is 0 Å². The van der Waals surface area contributed by atoms with E-state index < -0.39 is 12.1 Å². The van der Waals surface area contributed by atoms with Crippen LogP contribution < -0.4 is 5.32 Å². The summed E-state index contributed by atoms with van der Waals surface area (Å²) in [5.41, 5.74) is 0.713. The molecule has 1 aromatic carbocycles. The second-order valence-corrected chi connectivity index (χ2v) is 6.98. The Morgan fingerprint density at radius 2 is 2.00 bits per heavy atom. The average Bonchev–Trinajstić information content (AvgIpc) is 3.03. The summed E-state index contributed by atoms with van der Waals surface area (Å²) in [4.78, 5) is 43.8. The zero-order chi connectivity index (χ0) is 19.6. The van der Waals surface area contributed by atoms with Crippen LogP contribution in [0.3, 0.4) is 0 Å². The lowest BCUT2D eigenvalue weighted by Crippen LogP contribution is -2.61. The molecule has 1 saturated heterocycles. The van der Waals surface area contributed by atoms with E-state index in [0.717, 1.165) is 4.90 Å². The number of carbonyl (C=O) groups excluding carboxylic acids is 3. The number of amidine groups is 2. The number of benzene rings is 1. The minimum absolute atomic E-state index is 0.128. The van der Waals surface area contributed by atoms with Crippen LogP contribution in [0.2, 0.25) is 0 Å². The lowest BCUT2D eigenvalue weighted by molar-refractivity contribution is -0.522. The van der Waals surface area contributed by atoms with Gasteiger partial charge in [0.2, 0.25) is 5.91 Å². The molecule has 1 atom stereocenters. The Morgan fingerprint density at radius 1 is 1.30 bits per heavy atom. The molecule has 3 rings (SSSR count). The molecule has 2 aliphatic rings. The highest BCUT2D eigenvalue weighted by atomic mass is 32.2. The number of imide groups is 1. The summed E-state index contributed by atoms with van der Waals surface area (Å²) in [6, 6.07) is 8.04. The summed E-state index contributed by atoms with van der Waals surface area (Å²) in [7, 11) is 3.03. The molecule has 0 aliphatic carbocycles. The Hall–Kier alpha value is -2.94. The molecule has 0 aromatic heterocycles. The average molecular weight is 386 g/mol. The van der Waals surface area contributed by atoms with E-state index in [2.05, 4.69) is 16.9 Å². The summed E-state index contributed by atoms with van der Waals surface area (Å²) in [6.07, 6.45) is 1.66. The van der Waals surface area contributed by atoms with Gasteiger partial charge >= 0.3 is 11.2 Å².